The molecule has 40 heteroatoms. The Morgan fingerprint density at radius 1 is 0.756 bits per heavy atom. The second-order valence-corrected chi connectivity index (χ2v) is 22.9. The fourth-order valence-corrected chi connectivity index (χ4v) is 11.2. The Morgan fingerprint density at radius 3 is 1.88 bits per heavy atom. The molecule has 17 N–H and O–H groups in total. The van der Waals surface area contributed by atoms with Gasteiger partial charge in [-0.2, -0.15) is 8.62 Å². The zero-order valence-corrected chi connectivity index (χ0v) is 44.3. The van der Waals surface area contributed by atoms with Gasteiger partial charge in [0.25, 0.3) is 0 Å². The Bertz CT molecular complexity index is 2860. The minimum Gasteiger partial charge on any atom is -0.481 e. The Hall–Kier alpha value is -5.90. The van der Waals surface area contributed by atoms with Crippen LogP contribution in [0.15, 0.2) is 36.9 Å². The molecule has 0 aliphatic carbocycles. The van der Waals surface area contributed by atoms with Crippen LogP contribution in [0.2, 0.25) is 0 Å². The number of carboxylic acids is 3. The van der Waals surface area contributed by atoms with Gasteiger partial charge in [-0.3, -0.25) is 47.6 Å². The number of hydrogen-bond acceptors (Lipinski definition) is 22. The second kappa shape index (κ2) is 27.8. The Kier molecular flexibility index (Phi) is 23.0. The third-order valence-electron chi connectivity index (χ3n) is 11.1. The summed E-state index contributed by atoms with van der Waals surface area (Å²) in [6.07, 6.45) is -8.51. The molecule has 12 atom stereocenters. The van der Waals surface area contributed by atoms with Gasteiger partial charge in [-0.05, 0) is 36.5 Å². The van der Waals surface area contributed by atoms with Gasteiger partial charge in [0.2, 0.25) is 23.6 Å². The number of aliphatic carboxylic acids is 3. The minimum absolute atomic E-state index is 0.0405. The van der Waals surface area contributed by atoms with Crippen molar-refractivity contribution in [2.24, 2.45) is 5.92 Å². The van der Waals surface area contributed by atoms with Gasteiger partial charge in [0.05, 0.1) is 12.9 Å². The minimum atomic E-state index is -6.09. The summed E-state index contributed by atoms with van der Waals surface area (Å²) >= 11 is 0. The molecule has 0 saturated carbocycles. The molecular formula is C38H56N10O26P4. The summed E-state index contributed by atoms with van der Waals surface area (Å²) in [5, 5.41) is 60.1. The number of aromatic nitrogens is 4. The summed E-state index contributed by atoms with van der Waals surface area (Å²) in [4.78, 5) is 150. The van der Waals surface area contributed by atoms with Gasteiger partial charge in [0.15, 0.2) is 17.7 Å². The van der Waals surface area contributed by atoms with Crippen LogP contribution in [-0.2, 0) is 76.1 Å². The molecule has 3 aromatic rings. The lowest BCUT2D eigenvalue weighted by Crippen LogP contribution is -2.58. The van der Waals surface area contributed by atoms with E-state index in [4.69, 9.17) is 20.3 Å². The van der Waals surface area contributed by atoms with Crippen LogP contribution < -0.4 is 36.6 Å². The number of ether oxygens (including phenoxy) is 1. The average Bonchev–Trinajstić information content (AvgIpc) is 3.88. The van der Waals surface area contributed by atoms with Crippen molar-refractivity contribution in [2.45, 2.75) is 108 Å². The number of aliphatic hydroxyl groups is 2. The Labute approximate surface area is 439 Å². The number of carbonyl (C=O) groups is 7. The first-order chi connectivity index (χ1) is 36.2. The van der Waals surface area contributed by atoms with Crippen molar-refractivity contribution < 1.29 is 124 Å². The molecule has 1 aliphatic rings. The number of amides is 4. The monoisotopic (exact) mass is 1190 g/mol. The van der Waals surface area contributed by atoms with Gasteiger partial charge < -0.3 is 76.5 Å². The summed E-state index contributed by atoms with van der Waals surface area (Å²) in [7, 11) is -22.5. The van der Waals surface area contributed by atoms with E-state index in [9.17, 15) is 92.0 Å². The van der Waals surface area contributed by atoms with Crippen LogP contribution in [-0.4, -0.2) is 167 Å². The number of fused-ring (bicyclic) bond motifs is 1. The number of nitrogens with one attached hydrogen (secondary N) is 5. The lowest BCUT2D eigenvalue weighted by molar-refractivity contribution is -0.144. The van der Waals surface area contributed by atoms with E-state index in [2.05, 4.69) is 53.9 Å². The molecule has 2 aromatic heterocycles. The molecule has 3 heterocycles. The van der Waals surface area contributed by atoms with Gasteiger partial charge >= 0.3 is 49.1 Å². The first-order valence-corrected chi connectivity index (χ1v) is 28.8. The van der Waals surface area contributed by atoms with Crippen molar-refractivity contribution in [2.75, 3.05) is 18.9 Å². The number of aliphatic hydroxyl groups excluding tert-OH is 2. The van der Waals surface area contributed by atoms with Crippen molar-refractivity contribution >= 4 is 89.7 Å². The van der Waals surface area contributed by atoms with Crippen LogP contribution in [0.1, 0.15) is 64.2 Å². The molecule has 0 bridgehead atoms. The Morgan fingerprint density at radius 2 is 1.33 bits per heavy atom. The number of nitrogen functional groups attached to an aromatic ring is 1. The number of phosphoric acid groups is 3. The number of hydrogen-bond donors (Lipinski definition) is 16. The number of carbonyl (C=O) groups excluding carboxylic acids is 4. The number of nitrogens with two attached hydrogens (primary N) is 1. The number of rotatable bonds is 32. The normalized spacial score (nSPS) is 20.8. The van der Waals surface area contributed by atoms with Crippen molar-refractivity contribution in [3.05, 3.63) is 42.5 Å². The molecule has 1 aliphatic heterocycles. The smallest absolute Gasteiger partial charge is 0.481 e. The van der Waals surface area contributed by atoms with Crippen molar-refractivity contribution in [1.29, 1.82) is 0 Å². The van der Waals surface area contributed by atoms with Gasteiger partial charge in [0.1, 0.15) is 60.1 Å². The molecule has 78 heavy (non-hydrogen) atoms. The number of imidazole rings is 1. The number of benzene rings is 1. The molecule has 4 amide bonds. The maximum Gasteiger partial charge on any atom is 0.524 e. The quantitative estimate of drug-likeness (QED) is 0.0297. The summed E-state index contributed by atoms with van der Waals surface area (Å²) in [5.74, 6) is -10.3. The number of phosphoric ester groups is 2. The van der Waals surface area contributed by atoms with Gasteiger partial charge in [-0.25, -0.2) is 43.1 Å². The molecule has 1 saturated heterocycles. The number of carboxylic acid groups (broad SMARTS) is 3. The van der Waals surface area contributed by atoms with E-state index in [0.29, 0.717) is 0 Å². The molecule has 3 unspecified atom stereocenters. The van der Waals surface area contributed by atoms with Crippen LogP contribution in [0.25, 0.3) is 11.2 Å². The topological polar surface area (TPSA) is 566 Å². The Balaban J connectivity index is 1.44. The summed E-state index contributed by atoms with van der Waals surface area (Å²) in [6, 6.07) is -2.47. The predicted molar refractivity (Wildman–Crippen MR) is 257 cm³/mol. The van der Waals surface area contributed by atoms with Crippen molar-refractivity contribution in [3.63, 3.8) is 0 Å². The summed E-state index contributed by atoms with van der Waals surface area (Å²) in [5.41, 5.74) is 6.03. The SMILES string of the molecule is CC[C@H](C)[C@H](NC(=O)[C@H](CCC(=O)O)NC(=O)[C@H](CCC(=O)O)NC(=O)[C@H](Cc1ccc(OP(=O)(O)O)cc1)NC(=O)CCNP(=O)(O)OP(=O)(O)OP(=O)(O)OC[C@H]1O[C@@H](n2cnc3c(N)ncnc32)[C@H](O)[C@@H]1O)C(=O)O. The van der Waals surface area contributed by atoms with Crippen molar-refractivity contribution in [3.8, 4) is 5.75 Å². The third kappa shape index (κ3) is 20.1. The van der Waals surface area contributed by atoms with E-state index in [1.54, 1.807) is 12.0 Å². The fraction of sp³-hybridized carbons (Fsp3) is 0.526. The van der Waals surface area contributed by atoms with Crippen LogP contribution in [0.3, 0.4) is 0 Å². The van der Waals surface area contributed by atoms with Crippen LogP contribution in [0, 0.1) is 5.92 Å². The van der Waals surface area contributed by atoms with E-state index < -0.39 is 179 Å². The van der Waals surface area contributed by atoms with Crippen LogP contribution in [0.5, 0.6) is 5.75 Å². The maximum absolute atomic E-state index is 13.9. The number of anilines is 1. The maximum atomic E-state index is 13.9. The lowest BCUT2D eigenvalue weighted by Gasteiger charge is -2.27. The standard InChI is InChI=1S/C38H56N10O26P4/c1-3-18(2)28(38(59)60)47-35(57)22(9-11-27(52)53)45-34(56)21(8-10-26(50)51)46-36(58)23(14-19-4-6-20(7-5-19)72-76(63,64)65)44-25(49)12-13-43-75(61,62)73-78(68,69)74-77(66,67)70-15-24-30(54)31(55)37(71-24)48-17-42-29-32(39)40-16-41-33(29)48/h4-7,16-18,21-24,28,30-31,37,54-55H,3,8-15H2,1-2H3,(H,44,49)(H,45,56)(H,46,58)(H,47,57)(H,50,51)(H,52,53)(H,59,60)(H,66,67)(H,68,69)(H2,39,40,41)(H2,43,61,62)(H2,63,64,65)/t18-,21-,22-,23-,24+,28-,30+,31+,37+/m0/s1. The van der Waals surface area contributed by atoms with E-state index in [0.717, 1.165) is 29.4 Å². The zero-order chi connectivity index (χ0) is 58.5. The van der Waals surface area contributed by atoms with Crippen molar-refractivity contribution in [1.82, 2.24) is 45.9 Å². The predicted octanol–water partition coefficient (Wildman–Crippen LogP) is -2.13. The lowest BCUT2D eigenvalue weighted by atomic mass is 9.98. The van der Waals surface area contributed by atoms with E-state index >= 15 is 0 Å². The van der Waals surface area contributed by atoms with E-state index in [1.165, 1.54) is 19.1 Å². The van der Waals surface area contributed by atoms with Crippen LogP contribution in [0.4, 0.5) is 5.82 Å². The highest BCUT2D eigenvalue weighted by Gasteiger charge is 2.47. The van der Waals surface area contributed by atoms with Crippen LogP contribution >= 0.6 is 31.2 Å². The molecule has 1 aromatic carbocycles. The average molecular weight is 1190 g/mol. The third-order valence-corrected chi connectivity index (χ3v) is 16.0. The van der Waals surface area contributed by atoms with Gasteiger partial charge in [-0.15, -0.1) is 0 Å². The van der Waals surface area contributed by atoms with E-state index in [1.807, 2.05) is 0 Å². The molecule has 0 spiro atoms. The first-order valence-electron chi connectivity index (χ1n) is 22.7. The molecule has 434 valence electrons. The fourth-order valence-electron chi connectivity index (χ4n) is 7.06. The highest BCUT2D eigenvalue weighted by Crippen LogP contribution is 2.66. The largest absolute Gasteiger partial charge is 0.524 e. The number of nitrogens with zero attached hydrogens (tertiary/aromatic N) is 4. The van der Waals surface area contributed by atoms with E-state index in [-0.39, 0.29) is 34.7 Å². The molecule has 4 rings (SSSR count). The molecular weight excluding hydrogens is 1140 g/mol. The highest BCUT2D eigenvalue weighted by molar-refractivity contribution is 7.67. The highest BCUT2D eigenvalue weighted by atomic mass is 31.3. The molecule has 1 fully saturated rings. The van der Waals surface area contributed by atoms with Gasteiger partial charge in [-0.1, -0.05) is 32.4 Å². The molecule has 0 radical (unpaired) electrons. The molecule has 36 nitrogen and oxygen atoms in total. The van der Waals surface area contributed by atoms with Gasteiger partial charge in [0, 0.05) is 32.2 Å². The first kappa shape index (κ1) is 64.6. The zero-order valence-electron chi connectivity index (χ0n) is 40.7. The summed E-state index contributed by atoms with van der Waals surface area (Å²) < 4.78 is 73.4. The summed E-state index contributed by atoms with van der Waals surface area (Å²) in [6.45, 7) is 1.04. The second-order valence-electron chi connectivity index (χ2n) is 17.0.